The summed E-state index contributed by atoms with van der Waals surface area (Å²) in [6, 6.07) is -0.0182. The van der Waals surface area contributed by atoms with Gasteiger partial charge in [0.25, 0.3) is 0 Å². The Morgan fingerprint density at radius 1 is 1.12 bits per heavy atom. The molecule has 0 N–H and O–H groups in total. The lowest BCUT2D eigenvalue weighted by atomic mass is 9.98. The van der Waals surface area contributed by atoms with Crippen LogP contribution in [0.25, 0.3) is 0 Å². The number of alkyl halides is 3. The van der Waals surface area contributed by atoms with Gasteiger partial charge in [0.1, 0.15) is 0 Å². The standard InChI is InChI=1S/C11H20F3NO/c1-10(2,3)15(8-11(12,13)14)9-4-6-16-7-5-9/h9H,4-8H2,1-3H3. The summed E-state index contributed by atoms with van der Waals surface area (Å²) in [5.41, 5.74) is -0.461. The summed E-state index contributed by atoms with van der Waals surface area (Å²) < 4.78 is 42.7. The van der Waals surface area contributed by atoms with Gasteiger partial charge in [-0.2, -0.15) is 13.2 Å². The van der Waals surface area contributed by atoms with Gasteiger partial charge in [-0.05, 0) is 33.6 Å². The van der Waals surface area contributed by atoms with E-state index in [1.54, 1.807) is 4.90 Å². The maximum Gasteiger partial charge on any atom is 0.401 e. The van der Waals surface area contributed by atoms with E-state index in [1.165, 1.54) is 0 Å². The van der Waals surface area contributed by atoms with Crippen molar-refractivity contribution in [1.82, 2.24) is 4.90 Å². The minimum Gasteiger partial charge on any atom is -0.381 e. The molecule has 1 rings (SSSR count). The molecule has 0 amide bonds. The number of hydrogen-bond acceptors (Lipinski definition) is 2. The molecule has 0 aromatic rings. The summed E-state index contributed by atoms with van der Waals surface area (Å²) in [6.45, 7) is 5.78. The van der Waals surface area contributed by atoms with Gasteiger partial charge in [0.05, 0.1) is 6.54 Å². The van der Waals surface area contributed by atoms with Gasteiger partial charge >= 0.3 is 6.18 Å². The van der Waals surface area contributed by atoms with E-state index in [4.69, 9.17) is 4.74 Å². The van der Waals surface area contributed by atoms with Gasteiger partial charge in [0.15, 0.2) is 0 Å². The third kappa shape index (κ3) is 4.29. The van der Waals surface area contributed by atoms with E-state index < -0.39 is 18.3 Å². The first kappa shape index (κ1) is 13.8. The van der Waals surface area contributed by atoms with Gasteiger partial charge in [0.2, 0.25) is 0 Å². The molecule has 0 aliphatic carbocycles. The first-order valence-electron chi connectivity index (χ1n) is 5.61. The van der Waals surface area contributed by atoms with Crippen molar-refractivity contribution in [3.63, 3.8) is 0 Å². The molecule has 0 spiro atoms. The van der Waals surface area contributed by atoms with Crippen molar-refractivity contribution in [2.75, 3.05) is 19.8 Å². The summed E-state index contributed by atoms with van der Waals surface area (Å²) in [5, 5.41) is 0. The van der Waals surface area contributed by atoms with E-state index in [1.807, 2.05) is 20.8 Å². The van der Waals surface area contributed by atoms with Gasteiger partial charge in [-0.25, -0.2) is 0 Å². The molecule has 16 heavy (non-hydrogen) atoms. The molecular weight excluding hydrogens is 219 g/mol. The molecule has 1 fully saturated rings. The van der Waals surface area contributed by atoms with Crippen molar-refractivity contribution < 1.29 is 17.9 Å². The first-order chi connectivity index (χ1) is 7.20. The van der Waals surface area contributed by atoms with Crippen LogP contribution in [0.1, 0.15) is 33.6 Å². The quantitative estimate of drug-likeness (QED) is 0.734. The highest BCUT2D eigenvalue weighted by molar-refractivity contribution is 4.86. The molecule has 0 bridgehead atoms. The normalized spacial score (nSPS) is 20.4. The Morgan fingerprint density at radius 2 is 1.62 bits per heavy atom. The highest BCUT2D eigenvalue weighted by Crippen LogP contribution is 2.28. The summed E-state index contributed by atoms with van der Waals surface area (Å²) in [6.07, 6.45) is -2.76. The van der Waals surface area contributed by atoms with Crippen molar-refractivity contribution in [3.05, 3.63) is 0 Å². The smallest absolute Gasteiger partial charge is 0.381 e. The number of halogens is 3. The van der Waals surface area contributed by atoms with Crippen molar-refractivity contribution in [2.45, 2.75) is 51.4 Å². The van der Waals surface area contributed by atoms with Crippen LogP contribution in [0.5, 0.6) is 0 Å². The fraction of sp³-hybridized carbons (Fsp3) is 1.00. The maximum atomic E-state index is 12.5. The van der Waals surface area contributed by atoms with E-state index in [2.05, 4.69) is 0 Å². The summed E-state index contributed by atoms with van der Waals surface area (Å²) in [7, 11) is 0. The Kier molecular flexibility index (Phi) is 4.23. The van der Waals surface area contributed by atoms with E-state index in [-0.39, 0.29) is 6.04 Å². The minimum atomic E-state index is -4.13. The summed E-state index contributed by atoms with van der Waals surface area (Å²) in [5.74, 6) is 0. The fourth-order valence-corrected chi connectivity index (χ4v) is 2.10. The molecule has 0 radical (unpaired) electrons. The zero-order chi connectivity index (χ0) is 12.4. The van der Waals surface area contributed by atoms with Gasteiger partial charge in [0, 0.05) is 24.8 Å². The Bertz CT molecular complexity index is 216. The third-order valence-electron chi connectivity index (χ3n) is 2.84. The minimum absolute atomic E-state index is 0.0182. The second-order valence-corrected chi connectivity index (χ2v) is 5.26. The molecule has 96 valence electrons. The predicted octanol–water partition coefficient (Wildman–Crippen LogP) is 2.83. The molecule has 5 heteroatoms. The average molecular weight is 239 g/mol. The predicted molar refractivity (Wildman–Crippen MR) is 56.4 cm³/mol. The second kappa shape index (κ2) is 4.92. The van der Waals surface area contributed by atoms with Gasteiger partial charge in [-0.3, -0.25) is 4.90 Å². The lowest BCUT2D eigenvalue weighted by Crippen LogP contribution is -2.53. The molecule has 1 aliphatic heterocycles. The van der Waals surface area contributed by atoms with E-state index in [0.717, 1.165) is 0 Å². The Labute approximate surface area is 94.8 Å². The number of rotatable bonds is 2. The van der Waals surface area contributed by atoms with Gasteiger partial charge < -0.3 is 4.74 Å². The molecule has 0 aromatic heterocycles. The Hall–Kier alpha value is -0.290. The zero-order valence-corrected chi connectivity index (χ0v) is 10.1. The Balaban J connectivity index is 2.70. The number of hydrogen-bond donors (Lipinski definition) is 0. The molecular formula is C11H20F3NO. The molecule has 0 saturated carbocycles. The SMILES string of the molecule is CC(C)(C)N(CC(F)(F)F)C1CCOCC1. The van der Waals surface area contributed by atoms with Crippen molar-refractivity contribution >= 4 is 0 Å². The summed E-state index contributed by atoms with van der Waals surface area (Å²) in [4.78, 5) is 1.55. The largest absolute Gasteiger partial charge is 0.401 e. The zero-order valence-electron chi connectivity index (χ0n) is 10.1. The topological polar surface area (TPSA) is 12.5 Å². The second-order valence-electron chi connectivity index (χ2n) is 5.26. The van der Waals surface area contributed by atoms with E-state index in [9.17, 15) is 13.2 Å². The molecule has 0 unspecified atom stereocenters. The number of nitrogens with zero attached hydrogens (tertiary/aromatic N) is 1. The Morgan fingerprint density at radius 3 is 2.00 bits per heavy atom. The lowest BCUT2D eigenvalue weighted by molar-refractivity contribution is -0.167. The highest BCUT2D eigenvalue weighted by atomic mass is 19.4. The lowest BCUT2D eigenvalue weighted by Gasteiger charge is -2.43. The van der Waals surface area contributed by atoms with Crippen LogP contribution in [0.2, 0.25) is 0 Å². The molecule has 1 heterocycles. The monoisotopic (exact) mass is 239 g/mol. The highest BCUT2D eigenvalue weighted by Gasteiger charge is 2.39. The molecule has 1 aliphatic rings. The van der Waals surface area contributed by atoms with Crippen LogP contribution < -0.4 is 0 Å². The van der Waals surface area contributed by atoms with Crippen LogP contribution in [0.4, 0.5) is 13.2 Å². The van der Waals surface area contributed by atoms with Crippen LogP contribution in [0.15, 0.2) is 0 Å². The van der Waals surface area contributed by atoms with Crippen LogP contribution in [-0.4, -0.2) is 42.4 Å². The molecule has 0 atom stereocenters. The molecule has 1 saturated heterocycles. The summed E-state index contributed by atoms with van der Waals surface area (Å²) >= 11 is 0. The van der Waals surface area contributed by atoms with E-state index >= 15 is 0 Å². The van der Waals surface area contributed by atoms with Crippen molar-refractivity contribution in [2.24, 2.45) is 0 Å². The van der Waals surface area contributed by atoms with Crippen LogP contribution in [0, 0.1) is 0 Å². The van der Waals surface area contributed by atoms with Gasteiger partial charge in [-0.15, -0.1) is 0 Å². The molecule has 2 nitrogen and oxygen atoms in total. The first-order valence-corrected chi connectivity index (χ1v) is 5.61. The van der Waals surface area contributed by atoms with Crippen LogP contribution in [-0.2, 0) is 4.74 Å². The maximum absolute atomic E-state index is 12.5. The third-order valence-corrected chi connectivity index (χ3v) is 2.84. The average Bonchev–Trinajstić information content (AvgIpc) is 2.13. The van der Waals surface area contributed by atoms with Crippen molar-refractivity contribution in [3.8, 4) is 0 Å². The van der Waals surface area contributed by atoms with E-state index in [0.29, 0.717) is 26.1 Å². The fourth-order valence-electron chi connectivity index (χ4n) is 2.10. The van der Waals surface area contributed by atoms with Crippen LogP contribution >= 0.6 is 0 Å². The number of ether oxygens (including phenoxy) is 1. The molecule has 0 aromatic carbocycles. The van der Waals surface area contributed by atoms with Crippen molar-refractivity contribution in [1.29, 1.82) is 0 Å². The van der Waals surface area contributed by atoms with Gasteiger partial charge in [-0.1, -0.05) is 0 Å². The van der Waals surface area contributed by atoms with Crippen LogP contribution in [0.3, 0.4) is 0 Å².